The van der Waals surface area contributed by atoms with Gasteiger partial charge in [-0.3, -0.25) is 9.59 Å². The monoisotopic (exact) mass is 436 g/mol. The van der Waals surface area contributed by atoms with Gasteiger partial charge in [0.1, 0.15) is 11.5 Å². The van der Waals surface area contributed by atoms with E-state index in [1.807, 2.05) is 44.2 Å². The SMILES string of the molecule is CCN(CC)CCN1C(=O)C(=O)/C(=C(/O)c2ccc(OC(C)C)cc2)[C@H]1c1ccccc1. The van der Waals surface area contributed by atoms with Crippen LogP contribution in [0.4, 0.5) is 0 Å². The molecule has 0 bridgehead atoms. The van der Waals surface area contributed by atoms with Crippen molar-refractivity contribution in [3.63, 3.8) is 0 Å². The predicted octanol–water partition coefficient (Wildman–Crippen LogP) is 4.24. The van der Waals surface area contributed by atoms with Gasteiger partial charge >= 0.3 is 0 Å². The molecule has 0 aromatic heterocycles. The van der Waals surface area contributed by atoms with Gasteiger partial charge in [-0.05, 0) is 56.8 Å². The summed E-state index contributed by atoms with van der Waals surface area (Å²) in [5.74, 6) is -0.722. The number of hydrogen-bond donors (Lipinski definition) is 1. The number of amides is 1. The van der Waals surface area contributed by atoms with Crippen LogP contribution >= 0.6 is 0 Å². The zero-order chi connectivity index (χ0) is 23.3. The van der Waals surface area contributed by atoms with E-state index >= 15 is 0 Å². The number of carbonyl (C=O) groups excluding carboxylic acids is 2. The summed E-state index contributed by atoms with van der Waals surface area (Å²) >= 11 is 0. The zero-order valence-electron chi connectivity index (χ0n) is 19.2. The lowest BCUT2D eigenvalue weighted by Gasteiger charge is -2.28. The average molecular weight is 437 g/mol. The molecule has 0 aliphatic carbocycles. The molecule has 6 heteroatoms. The van der Waals surface area contributed by atoms with Crippen LogP contribution in [-0.4, -0.2) is 58.9 Å². The minimum absolute atomic E-state index is 0.0312. The molecule has 0 saturated carbocycles. The molecule has 1 aliphatic heterocycles. The molecule has 1 aliphatic rings. The molecule has 0 spiro atoms. The third-order valence-corrected chi connectivity index (χ3v) is 5.71. The summed E-state index contributed by atoms with van der Waals surface area (Å²) in [6.45, 7) is 10.8. The molecule has 2 aromatic carbocycles. The molecular weight excluding hydrogens is 404 g/mol. The fraction of sp³-hybridized carbons (Fsp3) is 0.385. The van der Waals surface area contributed by atoms with Crippen molar-refractivity contribution < 1.29 is 19.4 Å². The fourth-order valence-electron chi connectivity index (χ4n) is 4.00. The quantitative estimate of drug-likeness (QED) is 0.362. The second-order valence-electron chi connectivity index (χ2n) is 8.12. The number of rotatable bonds is 9. The minimum atomic E-state index is -0.654. The highest BCUT2D eigenvalue weighted by Crippen LogP contribution is 2.39. The van der Waals surface area contributed by atoms with Gasteiger partial charge in [-0.2, -0.15) is 0 Å². The zero-order valence-corrected chi connectivity index (χ0v) is 19.2. The Morgan fingerprint density at radius 2 is 1.66 bits per heavy atom. The molecule has 32 heavy (non-hydrogen) atoms. The first-order valence-electron chi connectivity index (χ1n) is 11.2. The maximum atomic E-state index is 13.1. The lowest BCUT2D eigenvalue weighted by Crippen LogP contribution is -2.38. The van der Waals surface area contributed by atoms with Crippen molar-refractivity contribution in [2.45, 2.75) is 39.8 Å². The number of nitrogens with zero attached hydrogens (tertiary/aromatic N) is 2. The van der Waals surface area contributed by atoms with Crippen molar-refractivity contribution in [3.05, 3.63) is 71.3 Å². The van der Waals surface area contributed by atoms with Crippen molar-refractivity contribution in [3.8, 4) is 5.75 Å². The van der Waals surface area contributed by atoms with Crippen molar-refractivity contribution in [1.29, 1.82) is 0 Å². The number of carbonyl (C=O) groups is 2. The molecule has 1 heterocycles. The fourth-order valence-corrected chi connectivity index (χ4v) is 4.00. The van der Waals surface area contributed by atoms with Gasteiger partial charge in [-0.25, -0.2) is 0 Å². The number of aliphatic hydroxyl groups is 1. The van der Waals surface area contributed by atoms with Gasteiger partial charge in [-0.15, -0.1) is 0 Å². The number of ether oxygens (including phenoxy) is 1. The Kier molecular flexibility index (Phi) is 7.70. The Morgan fingerprint density at radius 1 is 1.03 bits per heavy atom. The van der Waals surface area contributed by atoms with Gasteiger partial charge in [0.15, 0.2) is 0 Å². The van der Waals surface area contributed by atoms with E-state index in [9.17, 15) is 14.7 Å². The first-order valence-corrected chi connectivity index (χ1v) is 11.2. The lowest BCUT2D eigenvalue weighted by atomic mass is 9.95. The van der Waals surface area contributed by atoms with Crippen molar-refractivity contribution in [1.82, 2.24) is 9.80 Å². The van der Waals surface area contributed by atoms with Crippen LogP contribution in [0.15, 0.2) is 60.2 Å². The van der Waals surface area contributed by atoms with E-state index < -0.39 is 17.7 Å². The largest absolute Gasteiger partial charge is 0.507 e. The Labute approximate surface area is 190 Å². The highest BCUT2D eigenvalue weighted by molar-refractivity contribution is 6.46. The molecular formula is C26H32N2O4. The summed E-state index contributed by atoms with van der Waals surface area (Å²) in [5, 5.41) is 11.1. The molecule has 1 atom stereocenters. The number of benzene rings is 2. The second-order valence-corrected chi connectivity index (χ2v) is 8.12. The molecule has 1 N–H and O–H groups in total. The van der Waals surface area contributed by atoms with E-state index in [4.69, 9.17) is 4.74 Å². The standard InChI is InChI=1S/C26H32N2O4/c1-5-27(6-2)16-17-28-23(19-10-8-7-9-11-19)22(25(30)26(28)31)24(29)20-12-14-21(15-13-20)32-18(3)4/h7-15,18,23,29H,5-6,16-17H2,1-4H3/b24-22+/t23-/m1/s1. The van der Waals surface area contributed by atoms with Crippen molar-refractivity contribution in [2.75, 3.05) is 26.2 Å². The third kappa shape index (κ3) is 5.02. The summed E-state index contributed by atoms with van der Waals surface area (Å²) < 4.78 is 5.66. The second kappa shape index (κ2) is 10.5. The third-order valence-electron chi connectivity index (χ3n) is 5.71. The summed E-state index contributed by atoms with van der Waals surface area (Å²) in [6, 6.07) is 15.7. The highest BCUT2D eigenvalue weighted by Gasteiger charge is 2.45. The maximum absolute atomic E-state index is 13.1. The van der Waals surface area contributed by atoms with Crippen LogP contribution in [0.3, 0.4) is 0 Å². The lowest BCUT2D eigenvalue weighted by molar-refractivity contribution is -0.140. The first kappa shape index (κ1) is 23.5. The van der Waals surface area contributed by atoms with Gasteiger partial charge in [-0.1, -0.05) is 44.2 Å². The average Bonchev–Trinajstić information content (AvgIpc) is 3.05. The smallest absolute Gasteiger partial charge is 0.295 e. The summed E-state index contributed by atoms with van der Waals surface area (Å²) in [6.07, 6.45) is 0.0312. The first-order chi connectivity index (χ1) is 15.4. The number of likely N-dealkylation sites (tertiary alicyclic amines) is 1. The van der Waals surface area contributed by atoms with Gasteiger partial charge in [0, 0.05) is 18.7 Å². The Morgan fingerprint density at radius 3 is 2.22 bits per heavy atom. The molecule has 1 saturated heterocycles. The normalized spacial score (nSPS) is 18.1. The van der Waals surface area contributed by atoms with Crippen LogP contribution in [-0.2, 0) is 9.59 Å². The molecule has 0 radical (unpaired) electrons. The minimum Gasteiger partial charge on any atom is -0.507 e. The van der Waals surface area contributed by atoms with E-state index in [-0.39, 0.29) is 17.4 Å². The van der Waals surface area contributed by atoms with Gasteiger partial charge in [0.25, 0.3) is 11.7 Å². The summed E-state index contributed by atoms with van der Waals surface area (Å²) in [5.41, 5.74) is 1.40. The molecule has 6 nitrogen and oxygen atoms in total. The van der Waals surface area contributed by atoms with E-state index in [1.165, 1.54) is 0 Å². The van der Waals surface area contributed by atoms with Crippen molar-refractivity contribution >= 4 is 17.4 Å². The van der Waals surface area contributed by atoms with Gasteiger partial charge in [0.2, 0.25) is 0 Å². The molecule has 170 valence electrons. The number of Topliss-reactive ketones (excluding diaryl/α,β-unsaturated/α-hetero) is 1. The predicted molar refractivity (Wildman–Crippen MR) is 125 cm³/mol. The topological polar surface area (TPSA) is 70.1 Å². The van der Waals surface area contributed by atoms with Crippen LogP contribution < -0.4 is 4.74 Å². The molecule has 3 rings (SSSR count). The molecule has 0 unspecified atom stereocenters. The Bertz CT molecular complexity index is 963. The van der Waals surface area contributed by atoms with Crippen LogP contribution in [0, 0.1) is 0 Å². The van der Waals surface area contributed by atoms with E-state index in [0.29, 0.717) is 24.4 Å². The molecule has 1 amide bonds. The van der Waals surface area contributed by atoms with E-state index in [0.717, 1.165) is 18.7 Å². The molecule has 1 fully saturated rings. The van der Waals surface area contributed by atoms with Gasteiger partial charge in [0.05, 0.1) is 17.7 Å². The van der Waals surface area contributed by atoms with Crippen LogP contribution in [0.5, 0.6) is 5.75 Å². The Hall–Kier alpha value is -3.12. The maximum Gasteiger partial charge on any atom is 0.295 e. The summed E-state index contributed by atoms with van der Waals surface area (Å²) in [7, 11) is 0. The number of likely N-dealkylation sites (N-methyl/N-ethyl adjacent to an activating group) is 1. The number of hydrogen-bond acceptors (Lipinski definition) is 5. The van der Waals surface area contributed by atoms with E-state index in [2.05, 4.69) is 18.7 Å². The van der Waals surface area contributed by atoms with Crippen LogP contribution in [0.1, 0.15) is 44.9 Å². The number of aliphatic hydroxyl groups excluding tert-OH is 1. The van der Waals surface area contributed by atoms with Crippen LogP contribution in [0.2, 0.25) is 0 Å². The van der Waals surface area contributed by atoms with Crippen LogP contribution in [0.25, 0.3) is 5.76 Å². The summed E-state index contributed by atoms with van der Waals surface area (Å²) in [4.78, 5) is 29.8. The molecule has 2 aromatic rings. The van der Waals surface area contributed by atoms with Gasteiger partial charge < -0.3 is 19.6 Å². The van der Waals surface area contributed by atoms with Crippen molar-refractivity contribution in [2.24, 2.45) is 0 Å². The Balaban J connectivity index is 2.02. The van der Waals surface area contributed by atoms with E-state index in [1.54, 1.807) is 29.2 Å². The highest BCUT2D eigenvalue weighted by atomic mass is 16.5. The number of ketones is 1.